The predicted octanol–water partition coefficient (Wildman–Crippen LogP) is 9.22. The summed E-state index contributed by atoms with van der Waals surface area (Å²) in [6, 6.07) is 55.0. The zero-order valence-corrected chi connectivity index (χ0v) is 21.4. The highest BCUT2D eigenvalue weighted by Gasteiger charge is 2.44. The largest absolute Gasteiger partial charge is 0.355 e. The Labute approximate surface area is 227 Å². The van der Waals surface area contributed by atoms with Crippen LogP contribution in [0.25, 0.3) is 27.5 Å². The van der Waals surface area contributed by atoms with Gasteiger partial charge in [-0.05, 0) is 64.7 Å². The summed E-state index contributed by atoms with van der Waals surface area (Å²) in [5, 5.41) is 6.24. The van der Waals surface area contributed by atoms with Gasteiger partial charge in [-0.15, -0.1) is 0 Å². The molecule has 184 valence electrons. The Kier molecular flexibility index (Phi) is 4.77. The van der Waals surface area contributed by atoms with Crippen LogP contribution in [0, 0.1) is 0 Å². The van der Waals surface area contributed by atoms with Gasteiger partial charge in [-0.1, -0.05) is 109 Å². The van der Waals surface area contributed by atoms with Crippen LogP contribution < -0.4 is 5.32 Å². The van der Waals surface area contributed by atoms with Crippen molar-refractivity contribution in [3.05, 3.63) is 174 Å². The van der Waals surface area contributed by atoms with Crippen molar-refractivity contribution in [1.29, 1.82) is 0 Å². The molecule has 0 bridgehead atoms. The second-order valence-corrected chi connectivity index (χ2v) is 10.3. The Morgan fingerprint density at radius 2 is 1.00 bits per heavy atom. The van der Waals surface area contributed by atoms with Crippen molar-refractivity contribution >= 4 is 33.2 Å². The van der Waals surface area contributed by atoms with Gasteiger partial charge in [0.1, 0.15) is 0 Å². The number of nitrogens with one attached hydrogen (secondary N) is 1. The minimum Gasteiger partial charge on any atom is -0.355 e. The Morgan fingerprint density at radius 1 is 0.436 bits per heavy atom. The summed E-state index contributed by atoms with van der Waals surface area (Å²) in [7, 11) is 0. The van der Waals surface area contributed by atoms with Crippen LogP contribution in [0.1, 0.15) is 22.3 Å². The lowest BCUT2D eigenvalue weighted by Gasteiger charge is -2.42. The molecule has 6 aromatic carbocycles. The molecule has 1 N–H and O–H groups in total. The quantitative estimate of drug-likeness (QED) is 0.257. The molecule has 0 saturated carbocycles. The van der Waals surface area contributed by atoms with Crippen LogP contribution in [0.3, 0.4) is 0 Å². The molecule has 1 aliphatic rings. The minimum atomic E-state index is -0.468. The van der Waals surface area contributed by atoms with E-state index < -0.39 is 5.41 Å². The normalized spacial score (nSPS) is 13.5. The van der Waals surface area contributed by atoms with Crippen molar-refractivity contribution in [3.8, 4) is 5.69 Å². The predicted molar refractivity (Wildman–Crippen MR) is 162 cm³/mol. The monoisotopic (exact) mass is 498 g/mol. The third-order valence-electron chi connectivity index (χ3n) is 8.26. The van der Waals surface area contributed by atoms with Gasteiger partial charge in [0.15, 0.2) is 0 Å². The maximum Gasteiger partial charge on any atom is 0.0742 e. The lowest BCUT2D eigenvalue weighted by atomic mass is 9.62. The molecule has 7 aromatic rings. The first-order valence-electron chi connectivity index (χ1n) is 13.5. The van der Waals surface area contributed by atoms with Gasteiger partial charge in [0.05, 0.1) is 16.4 Å². The van der Waals surface area contributed by atoms with Crippen molar-refractivity contribution in [3.63, 3.8) is 0 Å². The fourth-order valence-electron chi connectivity index (χ4n) is 6.67. The molecular formula is C37H26N2. The smallest absolute Gasteiger partial charge is 0.0742 e. The van der Waals surface area contributed by atoms with Gasteiger partial charge in [-0.25, -0.2) is 0 Å². The summed E-state index contributed by atoms with van der Waals surface area (Å²) >= 11 is 0. The van der Waals surface area contributed by atoms with E-state index in [9.17, 15) is 0 Å². The van der Waals surface area contributed by atoms with Gasteiger partial charge in [0.25, 0.3) is 0 Å². The van der Waals surface area contributed by atoms with Gasteiger partial charge in [-0.3, -0.25) is 0 Å². The SMILES string of the molecule is c1ccc(-n2c3ccccc3c3cc(C4(c5ccccc5)c5ccccc5Nc5ccccc54)ccc32)cc1. The third kappa shape index (κ3) is 3.09. The van der Waals surface area contributed by atoms with Gasteiger partial charge in [-0.2, -0.15) is 0 Å². The van der Waals surface area contributed by atoms with E-state index >= 15 is 0 Å². The van der Waals surface area contributed by atoms with Crippen LogP contribution in [-0.4, -0.2) is 4.57 Å². The zero-order valence-electron chi connectivity index (χ0n) is 21.4. The Morgan fingerprint density at radius 3 is 1.72 bits per heavy atom. The zero-order chi connectivity index (χ0) is 25.8. The van der Waals surface area contributed by atoms with Crippen molar-refractivity contribution in [2.45, 2.75) is 5.41 Å². The molecular weight excluding hydrogens is 472 g/mol. The van der Waals surface area contributed by atoms with E-state index in [0.29, 0.717) is 0 Å². The molecule has 1 aromatic heterocycles. The number of fused-ring (bicyclic) bond motifs is 5. The Hall–Kier alpha value is -5.08. The molecule has 0 atom stereocenters. The van der Waals surface area contributed by atoms with Crippen LogP contribution in [0.15, 0.2) is 152 Å². The van der Waals surface area contributed by atoms with E-state index in [-0.39, 0.29) is 0 Å². The molecule has 2 heteroatoms. The van der Waals surface area contributed by atoms with Crippen molar-refractivity contribution in [2.75, 3.05) is 5.32 Å². The van der Waals surface area contributed by atoms with E-state index in [2.05, 4.69) is 162 Å². The molecule has 0 fully saturated rings. The third-order valence-corrected chi connectivity index (χ3v) is 8.26. The maximum absolute atomic E-state index is 3.72. The Balaban J connectivity index is 1.52. The van der Waals surface area contributed by atoms with Crippen LogP contribution in [0.2, 0.25) is 0 Å². The van der Waals surface area contributed by atoms with E-state index in [1.807, 2.05) is 0 Å². The molecule has 2 heterocycles. The van der Waals surface area contributed by atoms with Gasteiger partial charge in [0, 0.05) is 27.8 Å². The number of hydrogen-bond donors (Lipinski definition) is 1. The standard InChI is InChI=1S/C37H26N2/c1-3-13-26(14-4-1)37(31-18-8-10-20-33(31)38-34-21-11-9-19-32(34)37)27-23-24-36-30(25-27)29-17-7-12-22-35(29)39(36)28-15-5-2-6-16-28/h1-25,38H. The fraction of sp³-hybridized carbons (Fsp3) is 0.0270. The molecule has 2 nitrogen and oxygen atoms in total. The lowest BCUT2D eigenvalue weighted by Crippen LogP contribution is -2.35. The summed E-state index contributed by atoms with van der Waals surface area (Å²) in [6.07, 6.45) is 0. The highest BCUT2D eigenvalue weighted by atomic mass is 15.0. The summed E-state index contributed by atoms with van der Waals surface area (Å²) < 4.78 is 2.38. The van der Waals surface area contributed by atoms with Crippen molar-refractivity contribution in [2.24, 2.45) is 0 Å². The second-order valence-electron chi connectivity index (χ2n) is 10.3. The summed E-state index contributed by atoms with van der Waals surface area (Å²) in [5.74, 6) is 0. The first-order valence-corrected chi connectivity index (χ1v) is 13.5. The fourth-order valence-corrected chi connectivity index (χ4v) is 6.67. The number of anilines is 2. The van der Waals surface area contributed by atoms with E-state index in [1.54, 1.807) is 0 Å². The number of aromatic nitrogens is 1. The molecule has 0 aliphatic carbocycles. The molecule has 0 amide bonds. The topological polar surface area (TPSA) is 17.0 Å². The minimum absolute atomic E-state index is 0.468. The van der Waals surface area contributed by atoms with Crippen molar-refractivity contribution < 1.29 is 0 Å². The first-order chi connectivity index (χ1) is 19.4. The molecule has 0 spiro atoms. The number of benzene rings is 6. The molecule has 8 rings (SSSR count). The number of para-hydroxylation sites is 4. The Bertz CT molecular complexity index is 1940. The average molecular weight is 499 g/mol. The van der Waals surface area contributed by atoms with Crippen LogP contribution in [0.5, 0.6) is 0 Å². The highest BCUT2D eigenvalue weighted by Crippen LogP contribution is 2.54. The second kappa shape index (κ2) is 8.47. The van der Waals surface area contributed by atoms with Gasteiger partial charge < -0.3 is 9.88 Å². The summed E-state index contributed by atoms with van der Waals surface area (Å²) in [5.41, 5.74) is 10.5. The van der Waals surface area contributed by atoms with Gasteiger partial charge >= 0.3 is 0 Å². The van der Waals surface area contributed by atoms with E-state index in [0.717, 1.165) is 11.4 Å². The van der Waals surface area contributed by atoms with E-state index in [4.69, 9.17) is 0 Å². The van der Waals surface area contributed by atoms with Crippen LogP contribution in [-0.2, 0) is 5.41 Å². The highest BCUT2D eigenvalue weighted by molar-refractivity contribution is 6.09. The molecule has 1 aliphatic heterocycles. The lowest BCUT2D eigenvalue weighted by molar-refractivity contribution is 0.742. The number of nitrogens with zero attached hydrogens (tertiary/aromatic N) is 1. The number of hydrogen-bond acceptors (Lipinski definition) is 1. The van der Waals surface area contributed by atoms with Crippen LogP contribution >= 0.6 is 0 Å². The molecule has 0 unspecified atom stereocenters. The van der Waals surface area contributed by atoms with Crippen LogP contribution in [0.4, 0.5) is 11.4 Å². The maximum atomic E-state index is 3.72. The van der Waals surface area contributed by atoms with E-state index in [1.165, 1.54) is 49.7 Å². The van der Waals surface area contributed by atoms with Crippen molar-refractivity contribution in [1.82, 2.24) is 4.57 Å². The molecule has 39 heavy (non-hydrogen) atoms. The van der Waals surface area contributed by atoms with Gasteiger partial charge in [0.2, 0.25) is 0 Å². The summed E-state index contributed by atoms with van der Waals surface area (Å²) in [6.45, 7) is 0. The molecule has 0 radical (unpaired) electrons. The summed E-state index contributed by atoms with van der Waals surface area (Å²) in [4.78, 5) is 0. The average Bonchev–Trinajstić information content (AvgIpc) is 3.34. The number of rotatable bonds is 3. The first kappa shape index (κ1) is 22.0. The molecule has 0 saturated heterocycles.